The Bertz CT molecular complexity index is 503. The standard InChI is InChI=1S/C24H45N3O2/c1-24(2,3)19-5-4-6-21(17-19)26-23(29)18-7-9-22(10-8-18)27-14-11-20(12-15-27)25-13-16-28/h18-22,25,28H,4-17H2,1-3H3,(H,26,29). The Kier molecular flexibility index (Phi) is 8.41. The summed E-state index contributed by atoms with van der Waals surface area (Å²) in [5, 5.41) is 15.8. The molecule has 0 bridgehead atoms. The van der Waals surface area contributed by atoms with Crippen molar-refractivity contribution in [1.82, 2.24) is 15.5 Å². The van der Waals surface area contributed by atoms with Gasteiger partial charge in [0.05, 0.1) is 6.61 Å². The predicted molar refractivity (Wildman–Crippen MR) is 119 cm³/mol. The van der Waals surface area contributed by atoms with E-state index in [1.54, 1.807) is 0 Å². The quantitative estimate of drug-likeness (QED) is 0.632. The Hall–Kier alpha value is -0.650. The molecule has 0 aromatic carbocycles. The van der Waals surface area contributed by atoms with Gasteiger partial charge >= 0.3 is 0 Å². The lowest BCUT2D eigenvalue weighted by atomic mass is 9.71. The molecule has 5 heteroatoms. The van der Waals surface area contributed by atoms with Crippen molar-refractivity contribution in [2.24, 2.45) is 17.3 Å². The van der Waals surface area contributed by atoms with E-state index in [-0.39, 0.29) is 12.5 Å². The summed E-state index contributed by atoms with van der Waals surface area (Å²) in [6, 6.07) is 1.62. The maximum absolute atomic E-state index is 12.9. The van der Waals surface area contributed by atoms with E-state index in [2.05, 4.69) is 36.3 Å². The summed E-state index contributed by atoms with van der Waals surface area (Å²) in [6.07, 6.45) is 11.7. The molecule has 1 heterocycles. The Morgan fingerprint density at radius 1 is 0.966 bits per heavy atom. The third-order valence-corrected chi connectivity index (χ3v) is 7.90. The van der Waals surface area contributed by atoms with Gasteiger partial charge in [0.25, 0.3) is 0 Å². The van der Waals surface area contributed by atoms with E-state index in [1.807, 2.05) is 0 Å². The number of carbonyl (C=O) groups excluding carboxylic acids is 1. The van der Waals surface area contributed by atoms with Crippen molar-refractivity contribution in [1.29, 1.82) is 0 Å². The normalized spacial score (nSPS) is 32.8. The van der Waals surface area contributed by atoms with Gasteiger partial charge in [-0.05, 0) is 82.2 Å². The molecule has 3 rings (SSSR count). The molecule has 3 aliphatic rings. The van der Waals surface area contributed by atoms with Gasteiger partial charge in [-0.2, -0.15) is 0 Å². The first-order chi connectivity index (χ1) is 13.9. The van der Waals surface area contributed by atoms with Crippen LogP contribution in [0.15, 0.2) is 0 Å². The van der Waals surface area contributed by atoms with E-state index < -0.39 is 0 Å². The molecule has 0 aromatic heterocycles. The molecule has 3 N–H and O–H groups in total. The van der Waals surface area contributed by atoms with Gasteiger partial charge in [-0.3, -0.25) is 4.79 Å². The lowest BCUT2D eigenvalue weighted by Gasteiger charge is -2.41. The molecule has 0 spiro atoms. The average molecular weight is 408 g/mol. The third kappa shape index (κ3) is 6.67. The molecule has 2 aliphatic carbocycles. The van der Waals surface area contributed by atoms with E-state index in [4.69, 9.17) is 5.11 Å². The fourth-order valence-electron chi connectivity index (χ4n) is 5.87. The first-order valence-electron chi connectivity index (χ1n) is 12.3. The summed E-state index contributed by atoms with van der Waals surface area (Å²) < 4.78 is 0. The minimum absolute atomic E-state index is 0.226. The number of hydrogen-bond donors (Lipinski definition) is 3. The van der Waals surface area contributed by atoms with Crippen LogP contribution < -0.4 is 10.6 Å². The highest BCUT2D eigenvalue weighted by Crippen LogP contribution is 2.38. The number of carbonyl (C=O) groups is 1. The number of nitrogens with one attached hydrogen (secondary N) is 2. The molecule has 1 saturated heterocycles. The molecule has 1 amide bonds. The molecule has 0 radical (unpaired) electrons. The van der Waals surface area contributed by atoms with Crippen LogP contribution in [-0.4, -0.2) is 60.3 Å². The van der Waals surface area contributed by atoms with Crippen molar-refractivity contribution in [2.45, 2.75) is 103 Å². The molecule has 2 saturated carbocycles. The average Bonchev–Trinajstić information content (AvgIpc) is 2.72. The number of aliphatic hydroxyl groups is 1. The van der Waals surface area contributed by atoms with E-state index in [0.29, 0.717) is 36.0 Å². The second-order valence-corrected chi connectivity index (χ2v) is 10.9. The first-order valence-corrected chi connectivity index (χ1v) is 12.3. The minimum atomic E-state index is 0.226. The van der Waals surface area contributed by atoms with Crippen LogP contribution in [0.1, 0.15) is 85.0 Å². The molecular weight excluding hydrogens is 362 g/mol. The summed E-state index contributed by atoms with van der Waals surface area (Å²) in [4.78, 5) is 15.5. The molecular formula is C24H45N3O2. The summed E-state index contributed by atoms with van der Waals surface area (Å²) >= 11 is 0. The highest BCUT2D eigenvalue weighted by atomic mass is 16.3. The zero-order valence-corrected chi connectivity index (χ0v) is 19.1. The van der Waals surface area contributed by atoms with Crippen LogP contribution in [0.4, 0.5) is 0 Å². The monoisotopic (exact) mass is 407 g/mol. The smallest absolute Gasteiger partial charge is 0.223 e. The van der Waals surface area contributed by atoms with Crippen LogP contribution in [0.2, 0.25) is 0 Å². The maximum atomic E-state index is 12.9. The highest BCUT2D eigenvalue weighted by Gasteiger charge is 2.34. The van der Waals surface area contributed by atoms with Crippen molar-refractivity contribution in [3.8, 4) is 0 Å². The lowest BCUT2D eigenvalue weighted by molar-refractivity contribution is -0.127. The Labute approximate surface area is 178 Å². The third-order valence-electron chi connectivity index (χ3n) is 7.90. The fraction of sp³-hybridized carbons (Fsp3) is 0.958. The van der Waals surface area contributed by atoms with Gasteiger partial charge in [0.1, 0.15) is 0 Å². The van der Waals surface area contributed by atoms with Crippen molar-refractivity contribution >= 4 is 5.91 Å². The minimum Gasteiger partial charge on any atom is -0.395 e. The highest BCUT2D eigenvalue weighted by molar-refractivity contribution is 5.79. The zero-order chi connectivity index (χ0) is 20.9. The predicted octanol–water partition coefficient (Wildman–Crippen LogP) is 3.31. The summed E-state index contributed by atoms with van der Waals surface area (Å²) in [6.45, 7) is 10.3. The van der Waals surface area contributed by atoms with E-state index >= 15 is 0 Å². The zero-order valence-electron chi connectivity index (χ0n) is 19.1. The van der Waals surface area contributed by atoms with Crippen LogP contribution in [0.3, 0.4) is 0 Å². The number of hydrogen-bond acceptors (Lipinski definition) is 4. The first kappa shape index (κ1) is 23.0. The molecule has 168 valence electrons. The molecule has 5 nitrogen and oxygen atoms in total. The van der Waals surface area contributed by atoms with Crippen LogP contribution in [0, 0.1) is 17.3 Å². The number of piperidine rings is 1. The maximum Gasteiger partial charge on any atom is 0.223 e. The Balaban J connectivity index is 1.38. The summed E-state index contributed by atoms with van der Waals surface area (Å²) in [5.41, 5.74) is 0.350. The fourth-order valence-corrected chi connectivity index (χ4v) is 5.87. The topological polar surface area (TPSA) is 64.6 Å². The number of aliphatic hydroxyl groups excluding tert-OH is 1. The molecule has 2 unspecified atom stereocenters. The second kappa shape index (κ2) is 10.6. The molecule has 1 aliphatic heterocycles. The van der Waals surface area contributed by atoms with Crippen LogP contribution in [-0.2, 0) is 4.79 Å². The molecule has 29 heavy (non-hydrogen) atoms. The number of amides is 1. The number of nitrogens with zero attached hydrogens (tertiary/aromatic N) is 1. The Morgan fingerprint density at radius 2 is 1.66 bits per heavy atom. The molecule has 0 aromatic rings. The lowest BCUT2D eigenvalue weighted by Crippen LogP contribution is -2.49. The van der Waals surface area contributed by atoms with Crippen LogP contribution in [0.25, 0.3) is 0 Å². The SMILES string of the molecule is CC(C)(C)C1CCCC(NC(=O)C2CCC(N3CCC(NCCO)CC3)CC2)C1. The van der Waals surface area contributed by atoms with Gasteiger partial charge in [-0.15, -0.1) is 0 Å². The van der Waals surface area contributed by atoms with Gasteiger partial charge in [-0.25, -0.2) is 0 Å². The van der Waals surface area contributed by atoms with Crippen molar-refractivity contribution in [3.05, 3.63) is 0 Å². The van der Waals surface area contributed by atoms with Gasteiger partial charge in [0, 0.05) is 30.6 Å². The summed E-state index contributed by atoms with van der Waals surface area (Å²) in [5.74, 6) is 1.28. The number of rotatable bonds is 6. The van der Waals surface area contributed by atoms with Gasteiger partial charge < -0.3 is 20.6 Å². The molecule has 2 atom stereocenters. The second-order valence-electron chi connectivity index (χ2n) is 10.9. The Morgan fingerprint density at radius 3 is 2.28 bits per heavy atom. The van der Waals surface area contributed by atoms with Gasteiger partial charge in [0.2, 0.25) is 5.91 Å². The van der Waals surface area contributed by atoms with Gasteiger partial charge in [-0.1, -0.05) is 27.2 Å². The van der Waals surface area contributed by atoms with Crippen molar-refractivity contribution in [2.75, 3.05) is 26.2 Å². The van der Waals surface area contributed by atoms with E-state index in [0.717, 1.165) is 44.7 Å². The van der Waals surface area contributed by atoms with Crippen LogP contribution in [0.5, 0.6) is 0 Å². The molecule has 3 fully saturated rings. The van der Waals surface area contributed by atoms with E-state index in [1.165, 1.54) is 38.5 Å². The van der Waals surface area contributed by atoms with E-state index in [9.17, 15) is 4.79 Å². The van der Waals surface area contributed by atoms with Gasteiger partial charge in [0.15, 0.2) is 0 Å². The largest absolute Gasteiger partial charge is 0.395 e. The summed E-state index contributed by atoms with van der Waals surface area (Å²) in [7, 11) is 0. The van der Waals surface area contributed by atoms with Crippen LogP contribution >= 0.6 is 0 Å². The van der Waals surface area contributed by atoms with Crippen molar-refractivity contribution < 1.29 is 9.90 Å². The van der Waals surface area contributed by atoms with Crippen molar-refractivity contribution in [3.63, 3.8) is 0 Å². The number of likely N-dealkylation sites (tertiary alicyclic amines) is 1.